The molecule has 0 aliphatic heterocycles. The van der Waals surface area contributed by atoms with Crippen LogP contribution in [0.4, 0.5) is 16.4 Å². The van der Waals surface area contributed by atoms with E-state index < -0.39 is 12.0 Å². The van der Waals surface area contributed by atoms with Crippen molar-refractivity contribution in [2.75, 3.05) is 10.6 Å². The Hall–Kier alpha value is -2.55. The monoisotopic (exact) mass is 337 g/mol. The number of carboxylic acid groups (broad SMARTS) is 1. The Morgan fingerprint density at radius 1 is 1.15 bits per heavy atom. The second-order valence-corrected chi connectivity index (χ2v) is 4.49. The average molecular weight is 338 g/mol. The van der Waals surface area contributed by atoms with Crippen LogP contribution in [0.5, 0.6) is 0 Å². The third-order valence-corrected chi connectivity index (χ3v) is 2.57. The van der Waals surface area contributed by atoms with Crippen LogP contribution in [0.3, 0.4) is 0 Å². The Morgan fingerprint density at radius 2 is 1.95 bits per heavy atom. The number of urea groups is 1. The number of nitrogens with one attached hydrogen (secondary N) is 2. The number of amides is 2. The number of benzene rings is 1. The Kier molecular flexibility index (Phi) is 4.20. The van der Waals surface area contributed by atoms with Crippen LogP contribution >= 0.6 is 15.9 Å². The fraction of sp³-hybridized carbons (Fsp3) is 0. The maximum atomic E-state index is 11.7. The summed E-state index contributed by atoms with van der Waals surface area (Å²) >= 11 is 3.17. The fourth-order valence-electron chi connectivity index (χ4n) is 1.35. The Labute approximate surface area is 121 Å². The lowest BCUT2D eigenvalue weighted by molar-refractivity contribution is 0.0697. The highest BCUT2D eigenvalue weighted by Crippen LogP contribution is 2.19. The highest BCUT2D eigenvalue weighted by Gasteiger charge is 2.09. The summed E-state index contributed by atoms with van der Waals surface area (Å²) in [5.74, 6) is -1.05. The van der Waals surface area contributed by atoms with Gasteiger partial charge in [-0.25, -0.2) is 14.6 Å². The molecule has 0 spiro atoms. The molecule has 102 valence electrons. The van der Waals surface area contributed by atoms with Crippen LogP contribution in [0.1, 0.15) is 10.4 Å². The lowest BCUT2D eigenvalue weighted by Crippen LogP contribution is -2.21. The van der Waals surface area contributed by atoms with Gasteiger partial charge in [0, 0.05) is 10.2 Å². The lowest BCUT2D eigenvalue weighted by Gasteiger charge is -2.07. The standard InChI is InChI=1S/C11H8BrN5O3/c12-7-3-6(9(18)19)4-8(5-7)15-11(20)16-10-13-1-2-14-17-10/h1-5H,(H,18,19)(H2,13,15,16,17,20). The normalized spacial score (nSPS) is 9.85. The zero-order valence-electron chi connectivity index (χ0n) is 9.87. The summed E-state index contributed by atoms with van der Waals surface area (Å²) in [5, 5.41) is 20.9. The number of rotatable bonds is 3. The minimum Gasteiger partial charge on any atom is -0.478 e. The van der Waals surface area contributed by atoms with Gasteiger partial charge in [0.1, 0.15) is 0 Å². The van der Waals surface area contributed by atoms with Crippen molar-refractivity contribution in [3.05, 3.63) is 40.6 Å². The molecule has 0 aliphatic rings. The maximum absolute atomic E-state index is 11.7. The number of anilines is 2. The van der Waals surface area contributed by atoms with E-state index in [9.17, 15) is 9.59 Å². The molecule has 0 fully saturated rings. The van der Waals surface area contributed by atoms with Crippen molar-refractivity contribution in [3.8, 4) is 0 Å². The van der Waals surface area contributed by atoms with Gasteiger partial charge in [-0.05, 0) is 18.2 Å². The van der Waals surface area contributed by atoms with E-state index in [1.807, 2.05) is 0 Å². The molecule has 1 aromatic heterocycles. The molecule has 1 aromatic carbocycles. The van der Waals surface area contributed by atoms with E-state index in [-0.39, 0.29) is 11.5 Å². The van der Waals surface area contributed by atoms with Crippen molar-refractivity contribution in [1.29, 1.82) is 0 Å². The molecule has 0 saturated carbocycles. The van der Waals surface area contributed by atoms with Crippen molar-refractivity contribution < 1.29 is 14.7 Å². The summed E-state index contributed by atoms with van der Waals surface area (Å²) in [6.45, 7) is 0. The number of hydrogen-bond donors (Lipinski definition) is 3. The summed E-state index contributed by atoms with van der Waals surface area (Å²) in [4.78, 5) is 26.4. The summed E-state index contributed by atoms with van der Waals surface area (Å²) in [7, 11) is 0. The van der Waals surface area contributed by atoms with Gasteiger partial charge < -0.3 is 10.4 Å². The first-order chi connectivity index (χ1) is 9.54. The highest BCUT2D eigenvalue weighted by molar-refractivity contribution is 9.10. The van der Waals surface area contributed by atoms with E-state index >= 15 is 0 Å². The molecule has 1 heterocycles. The van der Waals surface area contributed by atoms with Crippen LogP contribution < -0.4 is 10.6 Å². The number of hydrogen-bond acceptors (Lipinski definition) is 5. The van der Waals surface area contributed by atoms with Crippen molar-refractivity contribution in [3.63, 3.8) is 0 Å². The van der Waals surface area contributed by atoms with Crippen LogP contribution in [-0.2, 0) is 0 Å². The molecule has 0 aliphatic carbocycles. The first-order valence-corrected chi connectivity index (χ1v) is 6.09. The molecule has 3 N–H and O–H groups in total. The second kappa shape index (κ2) is 6.06. The van der Waals surface area contributed by atoms with Gasteiger partial charge in [0.2, 0.25) is 0 Å². The number of aromatic carboxylic acids is 1. The van der Waals surface area contributed by atoms with Crippen molar-refractivity contribution in [2.45, 2.75) is 0 Å². The van der Waals surface area contributed by atoms with E-state index in [2.05, 4.69) is 41.7 Å². The van der Waals surface area contributed by atoms with E-state index in [4.69, 9.17) is 5.11 Å². The summed E-state index contributed by atoms with van der Waals surface area (Å²) < 4.78 is 0.533. The van der Waals surface area contributed by atoms with Gasteiger partial charge >= 0.3 is 12.0 Å². The van der Waals surface area contributed by atoms with Gasteiger partial charge in [-0.15, -0.1) is 5.10 Å². The van der Waals surface area contributed by atoms with Gasteiger partial charge in [0.15, 0.2) is 0 Å². The molecule has 20 heavy (non-hydrogen) atoms. The van der Waals surface area contributed by atoms with Gasteiger partial charge in [0.25, 0.3) is 5.95 Å². The fourth-order valence-corrected chi connectivity index (χ4v) is 1.85. The van der Waals surface area contributed by atoms with Gasteiger partial charge in [0.05, 0.1) is 18.0 Å². The highest BCUT2D eigenvalue weighted by atomic mass is 79.9. The van der Waals surface area contributed by atoms with E-state index in [0.29, 0.717) is 10.2 Å². The third-order valence-electron chi connectivity index (χ3n) is 2.11. The molecule has 2 aromatic rings. The molecular formula is C11H8BrN5O3. The van der Waals surface area contributed by atoms with Crippen molar-refractivity contribution in [2.24, 2.45) is 0 Å². The van der Waals surface area contributed by atoms with E-state index in [1.165, 1.54) is 24.5 Å². The SMILES string of the molecule is O=C(Nc1cc(Br)cc(C(=O)O)c1)Nc1nccnn1. The molecule has 0 unspecified atom stereocenters. The number of carbonyl (C=O) groups excluding carboxylic acids is 1. The van der Waals surface area contributed by atoms with Crippen LogP contribution in [0.25, 0.3) is 0 Å². The molecule has 8 nitrogen and oxygen atoms in total. The zero-order valence-corrected chi connectivity index (χ0v) is 11.5. The van der Waals surface area contributed by atoms with Crippen LogP contribution in [0.15, 0.2) is 35.1 Å². The number of carbonyl (C=O) groups is 2. The third kappa shape index (κ3) is 3.72. The molecule has 0 atom stereocenters. The number of nitrogens with zero attached hydrogens (tertiary/aromatic N) is 3. The van der Waals surface area contributed by atoms with Gasteiger partial charge in [-0.1, -0.05) is 15.9 Å². The predicted octanol–water partition coefficient (Wildman–Crippen LogP) is 1.98. The van der Waals surface area contributed by atoms with E-state index in [0.717, 1.165) is 0 Å². The topological polar surface area (TPSA) is 117 Å². The van der Waals surface area contributed by atoms with Crippen LogP contribution in [0.2, 0.25) is 0 Å². The van der Waals surface area contributed by atoms with Gasteiger partial charge in [-0.3, -0.25) is 5.32 Å². The molecule has 0 saturated heterocycles. The van der Waals surface area contributed by atoms with Crippen molar-refractivity contribution >= 4 is 39.6 Å². The Morgan fingerprint density at radius 3 is 2.60 bits per heavy atom. The smallest absolute Gasteiger partial charge is 0.335 e. The zero-order chi connectivity index (χ0) is 14.5. The maximum Gasteiger partial charge on any atom is 0.335 e. The second-order valence-electron chi connectivity index (χ2n) is 3.58. The number of aromatic nitrogens is 3. The quantitative estimate of drug-likeness (QED) is 0.788. The molecule has 2 rings (SSSR count). The van der Waals surface area contributed by atoms with E-state index in [1.54, 1.807) is 6.07 Å². The molecular weight excluding hydrogens is 330 g/mol. The summed E-state index contributed by atoms with van der Waals surface area (Å²) in [6, 6.07) is 3.72. The summed E-state index contributed by atoms with van der Waals surface area (Å²) in [5.41, 5.74) is 0.366. The van der Waals surface area contributed by atoms with Gasteiger partial charge in [-0.2, -0.15) is 5.10 Å². The minimum absolute atomic E-state index is 0.0402. The minimum atomic E-state index is -1.09. The first-order valence-electron chi connectivity index (χ1n) is 5.30. The van der Waals surface area contributed by atoms with Crippen LogP contribution in [-0.4, -0.2) is 32.3 Å². The molecule has 9 heteroatoms. The average Bonchev–Trinajstić information content (AvgIpc) is 2.38. The Bertz CT molecular complexity index is 650. The Balaban J connectivity index is 2.10. The molecule has 2 amide bonds. The predicted molar refractivity (Wildman–Crippen MR) is 73.6 cm³/mol. The van der Waals surface area contributed by atoms with Crippen LogP contribution in [0, 0.1) is 0 Å². The van der Waals surface area contributed by atoms with Crippen molar-refractivity contribution in [1.82, 2.24) is 15.2 Å². The first kappa shape index (κ1) is 13.9. The lowest BCUT2D eigenvalue weighted by atomic mass is 10.2. The molecule has 0 radical (unpaired) electrons. The molecule has 0 bridgehead atoms. The largest absolute Gasteiger partial charge is 0.478 e. The summed E-state index contributed by atoms with van der Waals surface area (Å²) in [6.07, 6.45) is 2.75. The number of halogens is 1. The number of carboxylic acids is 1.